The SMILES string of the molecule is NC(Cc1cccc2ccccc12)CC1CC2CCC1C2. The molecule has 4 atom stereocenters. The topological polar surface area (TPSA) is 26.0 Å². The first kappa shape index (κ1) is 13.3. The minimum absolute atomic E-state index is 0.320. The van der Waals surface area contributed by atoms with E-state index in [9.17, 15) is 0 Å². The van der Waals surface area contributed by atoms with E-state index < -0.39 is 0 Å². The molecule has 0 heterocycles. The van der Waals surface area contributed by atoms with Crippen molar-refractivity contribution < 1.29 is 0 Å². The third-order valence-corrected chi connectivity index (χ3v) is 5.85. The van der Waals surface area contributed by atoms with E-state index in [-0.39, 0.29) is 0 Å². The molecule has 110 valence electrons. The van der Waals surface area contributed by atoms with Crippen LogP contribution >= 0.6 is 0 Å². The normalized spacial score (nSPS) is 29.1. The molecule has 0 radical (unpaired) electrons. The molecule has 4 rings (SSSR count). The van der Waals surface area contributed by atoms with Crippen LogP contribution in [0.4, 0.5) is 0 Å². The molecule has 2 fully saturated rings. The molecule has 21 heavy (non-hydrogen) atoms. The molecule has 2 aliphatic carbocycles. The third kappa shape index (κ3) is 2.60. The zero-order valence-electron chi connectivity index (χ0n) is 12.7. The van der Waals surface area contributed by atoms with Gasteiger partial charge in [0.1, 0.15) is 0 Å². The molecule has 0 amide bonds. The van der Waals surface area contributed by atoms with Gasteiger partial charge < -0.3 is 5.73 Å². The summed E-state index contributed by atoms with van der Waals surface area (Å²) in [6.45, 7) is 0. The third-order valence-electron chi connectivity index (χ3n) is 5.85. The minimum Gasteiger partial charge on any atom is -0.327 e. The molecule has 2 N–H and O–H groups in total. The predicted octanol–water partition coefficient (Wildman–Crippen LogP) is 4.54. The lowest BCUT2D eigenvalue weighted by molar-refractivity contribution is 0.294. The highest BCUT2D eigenvalue weighted by Crippen LogP contribution is 2.49. The largest absolute Gasteiger partial charge is 0.327 e. The Morgan fingerprint density at radius 2 is 1.86 bits per heavy atom. The molecule has 0 aromatic heterocycles. The van der Waals surface area contributed by atoms with Crippen LogP contribution in [0, 0.1) is 17.8 Å². The fourth-order valence-corrected chi connectivity index (χ4v) is 4.89. The van der Waals surface area contributed by atoms with Gasteiger partial charge in [-0.1, -0.05) is 48.9 Å². The van der Waals surface area contributed by atoms with E-state index in [2.05, 4.69) is 42.5 Å². The molecule has 0 saturated heterocycles. The average Bonchev–Trinajstić information content (AvgIpc) is 3.10. The van der Waals surface area contributed by atoms with Gasteiger partial charge >= 0.3 is 0 Å². The van der Waals surface area contributed by atoms with Crippen molar-refractivity contribution in [3.63, 3.8) is 0 Å². The van der Waals surface area contributed by atoms with Crippen LogP contribution in [-0.2, 0) is 6.42 Å². The van der Waals surface area contributed by atoms with E-state index in [1.54, 1.807) is 0 Å². The quantitative estimate of drug-likeness (QED) is 0.874. The minimum atomic E-state index is 0.320. The summed E-state index contributed by atoms with van der Waals surface area (Å²) < 4.78 is 0. The molecule has 2 saturated carbocycles. The molecule has 2 bridgehead atoms. The number of nitrogens with two attached hydrogens (primary N) is 1. The monoisotopic (exact) mass is 279 g/mol. The Kier molecular flexibility index (Phi) is 3.46. The van der Waals surface area contributed by atoms with Crippen molar-refractivity contribution in [3.8, 4) is 0 Å². The maximum Gasteiger partial charge on any atom is 0.00822 e. The van der Waals surface area contributed by atoms with E-state index in [4.69, 9.17) is 5.73 Å². The molecular weight excluding hydrogens is 254 g/mol. The molecular formula is C20H25N. The molecule has 0 aliphatic heterocycles. The summed E-state index contributed by atoms with van der Waals surface area (Å²) >= 11 is 0. The maximum absolute atomic E-state index is 6.51. The van der Waals surface area contributed by atoms with Crippen LogP contribution in [0.1, 0.15) is 37.7 Å². The van der Waals surface area contributed by atoms with Crippen LogP contribution < -0.4 is 5.73 Å². The Labute approximate surface area is 127 Å². The first-order valence-corrected chi connectivity index (χ1v) is 8.52. The smallest absolute Gasteiger partial charge is 0.00822 e. The Morgan fingerprint density at radius 1 is 1.00 bits per heavy atom. The Balaban J connectivity index is 1.47. The second kappa shape index (κ2) is 5.46. The van der Waals surface area contributed by atoms with E-state index in [1.807, 2.05) is 0 Å². The van der Waals surface area contributed by atoms with E-state index >= 15 is 0 Å². The van der Waals surface area contributed by atoms with Gasteiger partial charge in [-0.2, -0.15) is 0 Å². The number of fused-ring (bicyclic) bond motifs is 3. The maximum atomic E-state index is 6.51. The van der Waals surface area contributed by atoms with Crippen molar-refractivity contribution in [3.05, 3.63) is 48.0 Å². The van der Waals surface area contributed by atoms with Crippen LogP contribution in [-0.4, -0.2) is 6.04 Å². The molecule has 1 nitrogen and oxygen atoms in total. The van der Waals surface area contributed by atoms with Crippen molar-refractivity contribution >= 4 is 10.8 Å². The predicted molar refractivity (Wildman–Crippen MR) is 89.2 cm³/mol. The number of hydrogen-bond acceptors (Lipinski definition) is 1. The van der Waals surface area contributed by atoms with Crippen molar-refractivity contribution in [1.29, 1.82) is 0 Å². The number of hydrogen-bond donors (Lipinski definition) is 1. The van der Waals surface area contributed by atoms with Crippen LogP contribution in [0.5, 0.6) is 0 Å². The zero-order valence-corrected chi connectivity index (χ0v) is 12.7. The van der Waals surface area contributed by atoms with E-state index in [0.717, 1.165) is 24.2 Å². The molecule has 2 aromatic rings. The van der Waals surface area contributed by atoms with E-state index in [1.165, 1.54) is 48.4 Å². The molecule has 2 aliphatic rings. The molecule has 2 aromatic carbocycles. The lowest BCUT2D eigenvalue weighted by Gasteiger charge is -2.25. The first-order valence-electron chi connectivity index (χ1n) is 8.52. The Bertz CT molecular complexity index is 627. The van der Waals surface area contributed by atoms with Gasteiger partial charge in [0.15, 0.2) is 0 Å². The highest BCUT2D eigenvalue weighted by Gasteiger charge is 2.39. The van der Waals surface area contributed by atoms with Crippen LogP contribution in [0.3, 0.4) is 0 Å². The fourth-order valence-electron chi connectivity index (χ4n) is 4.89. The van der Waals surface area contributed by atoms with Gasteiger partial charge in [-0.05, 0) is 66.2 Å². The van der Waals surface area contributed by atoms with E-state index in [0.29, 0.717) is 6.04 Å². The van der Waals surface area contributed by atoms with Gasteiger partial charge in [0.05, 0.1) is 0 Å². The van der Waals surface area contributed by atoms with Gasteiger partial charge in [0.2, 0.25) is 0 Å². The van der Waals surface area contributed by atoms with Crippen LogP contribution in [0.15, 0.2) is 42.5 Å². The summed E-state index contributed by atoms with van der Waals surface area (Å²) in [6.07, 6.45) is 8.15. The van der Waals surface area contributed by atoms with Crippen molar-refractivity contribution in [1.82, 2.24) is 0 Å². The van der Waals surface area contributed by atoms with Gasteiger partial charge in [-0.3, -0.25) is 0 Å². The summed E-state index contributed by atoms with van der Waals surface area (Å²) in [4.78, 5) is 0. The molecule has 1 heteroatoms. The highest BCUT2D eigenvalue weighted by molar-refractivity contribution is 5.85. The van der Waals surface area contributed by atoms with Gasteiger partial charge in [0, 0.05) is 6.04 Å². The summed E-state index contributed by atoms with van der Waals surface area (Å²) in [5, 5.41) is 2.71. The van der Waals surface area contributed by atoms with Crippen molar-refractivity contribution in [2.45, 2.75) is 44.6 Å². The fraction of sp³-hybridized carbons (Fsp3) is 0.500. The number of benzene rings is 2. The van der Waals surface area contributed by atoms with Crippen molar-refractivity contribution in [2.75, 3.05) is 0 Å². The highest BCUT2D eigenvalue weighted by atomic mass is 14.6. The first-order chi connectivity index (χ1) is 10.3. The molecule has 4 unspecified atom stereocenters. The second-order valence-corrected chi connectivity index (χ2v) is 7.27. The Hall–Kier alpha value is -1.34. The van der Waals surface area contributed by atoms with Crippen molar-refractivity contribution in [2.24, 2.45) is 23.5 Å². The second-order valence-electron chi connectivity index (χ2n) is 7.27. The molecule has 0 spiro atoms. The Morgan fingerprint density at radius 3 is 2.67 bits per heavy atom. The summed E-state index contributed by atoms with van der Waals surface area (Å²) in [7, 11) is 0. The summed E-state index contributed by atoms with van der Waals surface area (Å²) in [5.74, 6) is 2.94. The summed E-state index contributed by atoms with van der Waals surface area (Å²) in [5.41, 5.74) is 7.93. The van der Waals surface area contributed by atoms with Gasteiger partial charge in [-0.15, -0.1) is 0 Å². The van der Waals surface area contributed by atoms with Gasteiger partial charge in [-0.25, -0.2) is 0 Å². The number of rotatable bonds is 4. The standard InChI is InChI=1S/C20H25N/c21-19(13-18-11-14-8-9-16(18)10-14)12-17-6-3-5-15-4-1-2-7-20(15)17/h1-7,14,16,18-19H,8-13,21H2. The van der Waals surface area contributed by atoms with Crippen LogP contribution in [0.2, 0.25) is 0 Å². The summed E-state index contributed by atoms with van der Waals surface area (Å²) in [6, 6.07) is 15.6. The lowest BCUT2D eigenvalue weighted by atomic mass is 9.83. The lowest BCUT2D eigenvalue weighted by Crippen LogP contribution is -2.28. The van der Waals surface area contributed by atoms with Crippen LogP contribution in [0.25, 0.3) is 10.8 Å². The average molecular weight is 279 g/mol. The zero-order chi connectivity index (χ0) is 14.2. The van der Waals surface area contributed by atoms with Gasteiger partial charge in [0.25, 0.3) is 0 Å².